The van der Waals surface area contributed by atoms with Gasteiger partial charge in [0.05, 0.1) is 7.11 Å². The second kappa shape index (κ2) is 6.75. The summed E-state index contributed by atoms with van der Waals surface area (Å²) in [5, 5.41) is 3.32. The maximum Gasteiger partial charge on any atom is 0.225 e. The lowest BCUT2D eigenvalue weighted by molar-refractivity contribution is 0.398. The van der Waals surface area contributed by atoms with Crippen molar-refractivity contribution in [3.8, 4) is 5.88 Å². The summed E-state index contributed by atoms with van der Waals surface area (Å²) in [4.78, 5) is 8.11. The number of rotatable bonds is 6. The number of hydrogen-bond acceptors (Lipinski definition) is 5. The Kier molecular flexibility index (Phi) is 4.76. The first kappa shape index (κ1) is 14.1. The monoisotopic (exact) mass is 272 g/mol. The fourth-order valence-electron chi connectivity index (χ4n) is 1.97. The molecule has 1 aromatic heterocycles. The van der Waals surface area contributed by atoms with E-state index in [1.807, 2.05) is 6.07 Å². The highest BCUT2D eigenvalue weighted by Crippen LogP contribution is 2.16. The van der Waals surface area contributed by atoms with Crippen LogP contribution in [-0.2, 0) is 6.42 Å². The fraction of sp³-hybridized carbons (Fsp3) is 0.333. The van der Waals surface area contributed by atoms with Crippen LogP contribution in [0.25, 0.3) is 0 Å². The molecule has 1 unspecified atom stereocenters. The summed E-state index contributed by atoms with van der Waals surface area (Å²) < 4.78 is 5.08. The van der Waals surface area contributed by atoms with Crippen molar-refractivity contribution in [1.29, 1.82) is 0 Å². The molecular weight excluding hydrogens is 252 g/mol. The predicted octanol–water partition coefficient (Wildman–Crippen LogP) is 2.50. The lowest BCUT2D eigenvalue weighted by Crippen LogP contribution is -2.17. The maximum atomic E-state index is 5.63. The minimum absolute atomic E-state index is 0.210. The summed E-state index contributed by atoms with van der Waals surface area (Å²) in [6, 6.07) is 12.5. The van der Waals surface area contributed by atoms with Gasteiger partial charge in [-0.3, -0.25) is 0 Å². The molecule has 0 saturated heterocycles. The third-order valence-electron chi connectivity index (χ3n) is 3.03. The first-order valence-corrected chi connectivity index (χ1v) is 6.66. The van der Waals surface area contributed by atoms with Gasteiger partial charge in [-0.25, -0.2) is 0 Å². The molecule has 0 saturated carbocycles. The Morgan fingerprint density at radius 3 is 2.70 bits per heavy atom. The van der Waals surface area contributed by atoms with Gasteiger partial charge in [-0.1, -0.05) is 30.3 Å². The first-order chi connectivity index (χ1) is 9.67. The van der Waals surface area contributed by atoms with Crippen molar-refractivity contribution in [3.63, 3.8) is 0 Å². The highest BCUT2D eigenvalue weighted by atomic mass is 16.5. The van der Waals surface area contributed by atoms with Gasteiger partial charge >= 0.3 is 0 Å². The van der Waals surface area contributed by atoms with E-state index in [1.165, 1.54) is 5.56 Å². The van der Waals surface area contributed by atoms with Crippen LogP contribution in [0.4, 0.5) is 11.8 Å². The van der Waals surface area contributed by atoms with Crippen molar-refractivity contribution in [3.05, 3.63) is 42.0 Å². The number of hydrogen-bond donors (Lipinski definition) is 2. The van der Waals surface area contributed by atoms with E-state index in [-0.39, 0.29) is 12.0 Å². The fourth-order valence-corrected chi connectivity index (χ4v) is 1.97. The maximum absolute atomic E-state index is 5.63. The van der Waals surface area contributed by atoms with Gasteiger partial charge in [-0.15, -0.1) is 0 Å². The highest BCUT2D eigenvalue weighted by Gasteiger charge is 2.07. The highest BCUT2D eigenvalue weighted by molar-refractivity contribution is 5.43. The Morgan fingerprint density at radius 2 is 2.00 bits per heavy atom. The second-order valence-electron chi connectivity index (χ2n) is 4.72. The standard InChI is InChI=1S/C15H20N4O/c1-11(8-9-12-6-4-3-5-7-12)17-13-10-14(20-2)19-15(16)18-13/h3-7,10-11H,8-9H2,1-2H3,(H3,16,17,18,19). The van der Waals surface area contributed by atoms with Gasteiger partial charge in [0.2, 0.25) is 11.8 Å². The van der Waals surface area contributed by atoms with E-state index in [2.05, 4.69) is 46.5 Å². The van der Waals surface area contributed by atoms with Crippen LogP contribution in [0.15, 0.2) is 36.4 Å². The quantitative estimate of drug-likeness (QED) is 0.845. The van der Waals surface area contributed by atoms with Crippen molar-refractivity contribution in [2.75, 3.05) is 18.2 Å². The van der Waals surface area contributed by atoms with Crippen molar-refractivity contribution in [2.24, 2.45) is 0 Å². The van der Waals surface area contributed by atoms with Crippen LogP contribution < -0.4 is 15.8 Å². The summed E-state index contributed by atoms with van der Waals surface area (Å²) in [7, 11) is 1.56. The molecule has 1 heterocycles. The Morgan fingerprint density at radius 1 is 1.25 bits per heavy atom. The van der Waals surface area contributed by atoms with E-state index in [0.717, 1.165) is 12.8 Å². The normalized spacial score (nSPS) is 11.9. The Bertz CT molecular complexity index is 545. The molecule has 106 valence electrons. The minimum atomic E-state index is 0.210. The zero-order chi connectivity index (χ0) is 14.4. The SMILES string of the molecule is COc1cc(NC(C)CCc2ccccc2)nc(N)n1. The zero-order valence-corrected chi connectivity index (χ0v) is 11.8. The smallest absolute Gasteiger partial charge is 0.225 e. The van der Waals surface area contributed by atoms with E-state index < -0.39 is 0 Å². The number of nitrogens with two attached hydrogens (primary N) is 1. The molecule has 0 aliphatic rings. The van der Waals surface area contributed by atoms with Crippen LogP contribution in [0.2, 0.25) is 0 Å². The molecule has 0 spiro atoms. The van der Waals surface area contributed by atoms with E-state index in [9.17, 15) is 0 Å². The number of anilines is 2. The van der Waals surface area contributed by atoms with E-state index in [4.69, 9.17) is 10.5 Å². The average Bonchev–Trinajstić information content (AvgIpc) is 2.45. The van der Waals surface area contributed by atoms with Crippen LogP contribution in [0, 0.1) is 0 Å². The number of ether oxygens (including phenoxy) is 1. The number of nitrogens with one attached hydrogen (secondary N) is 1. The molecule has 5 nitrogen and oxygen atoms in total. The molecule has 2 rings (SSSR count). The topological polar surface area (TPSA) is 73.1 Å². The predicted molar refractivity (Wildman–Crippen MR) is 80.8 cm³/mol. The van der Waals surface area contributed by atoms with E-state index in [1.54, 1.807) is 13.2 Å². The lowest BCUT2D eigenvalue weighted by atomic mass is 10.1. The summed E-state index contributed by atoms with van der Waals surface area (Å²) in [6.07, 6.45) is 2.03. The third kappa shape index (κ3) is 4.12. The first-order valence-electron chi connectivity index (χ1n) is 6.66. The molecule has 2 aromatic rings. The third-order valence-corrected chi connectivity index (χ3v) is 3.03. The van der Waals surface area contributed by atoms with Gasteiger partial charge in [-0.05, 0) is 25.3 Å². The molecule has 5 heteroatoms. The van der Waals surface area contributed by atoms with Gasteiger partial charge in [0, 0.05) is 12.1 Å². The minimum Gasteiger partial charge on any atom is -0.481 e. The van der Waals surface area contributed by atoms with Gasteiger partial charge in [0.15, 0.2) is 0 Å². The molecule has 0 fully saturated rings. The number of nitrogens with zero attached hydrogens (tertiary/aromatic N) is 2. The van der Waals surface area contributed by atoms with E-state index >= 15 is 0 Å². The summed E-state index contributed by atoms with van der Waals surface area (Å²) in [5.41, 5.74) is 6.97. The summed E-state index contributed by atoms with van der Waals surface area (Å²) >= 11 is 0. The van der Waals surface area contributed by atoms with Crippen LogP contribution in [0.1, 0.15) is 18.9 Å². The van der Waals surface area contributed by atoms with Crippen molar-refractivity contribution < 1.29 is 4.74 Å². The second-order valence-corrected chi connectivity index (χ2v) is 4.72. The molecule has 0 aliphatic heterocycles. The molecule has 1 aromatic carbocycles. The summed E-state index contributed by atoms with van der Waals surface area (Å²) in [6.45, 7) is 2.12. The Balaban J connectivity index is 1.91. The Labute approximate surface area is 119 Å². The molecule has 20 heavy (non-hydrogen) atoms. The number of methoxy groups -OCH3 is 1. The number of aromatic nitrogens is 2. The number of aryl methyl sites for hydroxylation is 1. The molecule has 0 bridgehead atoms. The van der Waals surface area contributed by atoms with Crippen molar-refractivity contribution >= 4 is 11.8 Å². The van der Waals surface area contributed by atoms with Crippen molar-refractivity contribution in [1.82, 2.24) is 9.97 Å². The Hall–Kier alpha value is -2.30. The van der Waals surface area contributed by atoms with Crippen LogP contribution in [-0.4, -0.2) is 23.1 Å². The zero-order valence-electron chi connectivity index (χ0n) is 11.8. The number of benzene rings is 1. The number of nitrogen functional groups attached to an aromatic ring is 1. The lowest BCUT2D eigenvalue weighted by Gasteiger charge is -2.15. The van der Waals surface area contributed by atoms with Crippen LogP contribution >= 0.6 is 0 Å². The average molecular weight is 272 g/mol. The molecular formula is C15H20N4O. The van der Waals surface area contributed by atoms with Gasteiger partial charge in [0.1, 0.15) is 5.82 Å². The molecule has 0 radical (unpaired) electrons. The van der Waals surface area contributed by atoms with Crippen LogP contribution in [0.3, 0.4) is 0 Å². The van der Waals surface area contributed by atoms with Gasteiger partial charge < -0.3 is 15.8 Å². The molecule has 3 N–H and O–H groups in total. The molecule has 0 aliphatic carbocycles. The van der Waals surface area contributed by atoms with Gasteiger partial charge in [-0.2, -0.15) is 9.97 Å². The van der Waals surface area contributed by atoms with Crippen molar-refractivity contribution in [2.45, 2.75) is 25.8 Å². The summed E-state index contributed by atoms with van der Waals surface area (Å²) in [5.74, 6) is 1.37. The molecule has 1 atom stereocenters. The van der Waals surface area contributed by atoms with Gasteiger partial charge in [0.25, 0.3) is 0 Å². The van der Waals surface area contributed by atoms with E-state index in [0.29, 0.717) is 11.7 Å². The molecule has 0 amide bonds. The largest absolute Gasteiger partial charge is 0.481 e. The van der Waals surface area contributed by atoms with Crippen LogP contribution in [0.5, 0.6) is 5.88 Å².